The summed E-state index contributed by atoms with van der Waals surface area (Å²) in [6.07, 6.45) is 14.7. The van der Waals surface area contributed by atoms with Gasteiger partial charge in [0.2, 0.25) is 5.91 Å². The molecule has 4 nitrogen and oxygen atoms in total. The Kier molecular flexibility index (Phi) is 4.96. The molecule has 0 N–H and O–H groups in total. The van der Waals surface area contributed by atoms with Crippen molar-refractivity contribution in [2.24, 2.45) is 5.92 Å². The molecule has 1 saturated heterocycles. The summed E-state index contributed by atoms with van der Waals surface area (Å²) in [6.45, 7) is 4.84. The van der Waals surface area contributed by atoms with Crippen molar-refractivity contribution in [1.82, 2.24) is 14.5 Å². The van der Waals surface area contributed by atoms with Crippen molar-refractivity contribution in [2.75, 3.05) is 13.1 Å². The van der Waals surface area contributed by atoms with Gasteiger partial charge in [-0.3, -0.25) is 4.79 Å². The monoisotopic (exact) mass is 301 g/mol. The number of likely N-dealkylation sites (tertiary alicyclic amines) is 1. The summed E-state index contributed by atoms with van der Waals surface area (Å²) in [6, 6.07) is 0. The van der Waals surface area contributed by atoms with Gasteiger partial charge in [0.25, 0.3) is 0 Å². The Morgan fingerprint density at radius 2 is 2.09 bits per heavy atom. The summed E-state index contributed by atoms with van der Waals surface area (Å²) in [5.41, 5.74) is 0. The lowest BCUT2D eigenvalue weighted by Gasteiger charge is -2.33. The topological polar surface area (TPSA) is 38.1 Å². The molecule has 0 bridgehead atoms. The second-order valence-corrected chi connectivity index (χ2v) is 6.66. The van der Waals surface area contributed by atoms with Crippen LogP contribution in [0.3, 0.4) is 0 Å². The van der Waals surface area contributed by atoms with Gasteiger partial charge >= 0.3 is 0 Å². The van der Waals surface area contributed by atoms with Gasteiger partial charge in [0.1, 0.15) is 5.82 Å². The number of allylic oxidation sites excluding steroid dienone is 1. The number of carbonyl (C=O) groups is 1. The predicted octanol–water partition coefficient (Wildman–Crippen LogP) is 3.36. The number of imidazole rings is 1. The molecule has 1 aliphatic heterocycles. The lowest BCUT2D eigenvalue weighted by Crippen LogP contribution is -2.38. The lowest BCUT2D eigenvalue weighted by atomic mass is 9.85. The Balaban J connectivity index is 1.55. The van der Waals surface area contributed by atoms with Gasteiger partial charge in [-0.15, -0.1) is 0 Å². The minimum absolute atomic E-state index is 0.259. The molecular formula is C18H27N3O. The molecule has 120 valence electrons. The van der Waals surface area contributed by atoms with E-state index in [4.69, 9.17) is 0 Å². The van der Waals surface area contributed by atoms with Gasteiger partial charge in [-0.1, -0.05) is 18.6 Å². The Morgan fingerprint density at radius 1 is 1.32 bits per heavy atom. The largest absolute Gasteiger partial charge is 0.342 e. The van der Waals surface area contributed by atoms with Crippen LogP contribution in [0, 0.1) is 5.92 Å². The average Bonchev–Trinajstić information content (AvgIpc) is 2.97. The summed E-state index contributed by atoms with van der Waals surface area (Å²) in [4.78, 5) is 18.7. The highest BCUT2D eigenvalue weighted by molar-refractivity contribution is 5.77. The number of aromatic nitrogens is 2. The van der Waals surface area contributed by atoms with Crippen molar-refractivity contribution in [3.63, 3.8) is 0 Å². The predicted molar refractivity (Wildman–Crippen MR) is 87.6 cm³/mol. The zero-order valence-electron chi connectivity index (χ0n) is 13.6. The van der Waals surface area contributed by atoms with E-state index in [2.05, 4.69) is 15.7 Å². The number of hydrogen-bond acceptors (Lipinski definition) is 2. The Hall–Kier alpha value is -1.58. The molecule has 1 saturated carbocycles. The Labute approximate surface area is 133 Å². The lowest BCUT2D eigenvalue weighted by molar-refractivity contribution is -0.131. The molecule has 4 heteroatoms. The first-order valence-electron chi connectivity index (χ1n) is 8.68. The first-order chi connectivity index (χ1) is 10.8. The first-order valence-corrected chi connectivity index (χ1v) is 8.68. The summed E-state index contributed by atoms with van der Waals surface area (Å²) < 4.78 is 2.37. The number of amides is 1. The summed E-state index contributed by atoms with van der Waals surface area (Å²) in [7, 11) is 0. The van der Waals surface area contributed by atoms with E-state index < -0.39 is 0 Å². The quantitative estimate of drug-likeness (QED) is 0.782. The number of carbonyl (C=O) groups excluding carboxylic acids is 1. The molecule has 0 aromatic carbocycles. The van der Waals surface area contributed by atoms with Crippen molar-refractivity contribution in [3.8, 4) is 0 Å². The highest BCUT2D eigenvalue weighted by Gasteiger charge is 2.27. The van der Waals surface area contributed by atoms with Gasteiger partial charge in [-0.25, -0.2) is 4.98 Å². The molecule has 0 unspecified atom stereocenters. The maximum atomic E-state index is 12.1. The molecule has 2 heterocycles. The zero-order chi connectivity index (χ0) is 15.4. The molecule has 1 aromatic heterocycles. The summed E-state index contributed by atoms with van der Waals surface area (Å²) in [5, 5.41) is 0. The zero-order valence-corrected chi connectivity index (χ0v) is 13.6. The smallest absolute Gasteiger partial charge is 0.226 e. The fraction of sp³-hybridized carbons (Fsp3) is 0.667. The number of rotatable bonds is 5. The van der Waals surface area contributed by atoms with Crippen LogP contribution in [-0.4, -0.2) is 33.4 Å². The molecular weight excluding hydrogens is 274 g/mol. The Morgan fingerprint density at radius 3 is 2.73 bits per heavy atom. The van der Waals surface area contributed by atoms with Crippen LogP contribution in [0.25, 0.3) is 0 Å². The van der Waals surface area contributed by atoms with Crippen molar-refractivity contribution in [2.45, 2.75) is 57.9 Å². The first kappa shape index (κ1) is 15.3. The standard InChI is InChI=1S/C18H27N3O/c1-2-3-7-17(22)20-11-8-16(9-12-20)18-19-10-13-21(18)14-15-5-4-6-15/h2-3,10,13,15-16H,4-9,11-12,14H2,1H3/b3-2+. The van der Waals surface area contributed by atoms with Gasteiger partial charge in [0, 0.05) is 44.4 Å². The van der Waals surface area contributed by atoms with E-state index in [0.29, 0.717) is 12.3 Å². The third kappa shape index (κ3) is 3.42. The number of piperidine rings is 1. The van der Waals surface area contributed by atoms with Crippen LogP contribution in [-0.2, 0) is 11.3 Å². The van der Waals surface area contributed by atoms with Crippen molar-refractivity contribution < 1.29 is 4.79 Å². The second-order valence-electron chi connectivity index (χ2n) is 6.66. The summed E-state index contributed by atoms with van der Waals surface area (Å²) >= 11 is 0. The minimum atomic E-state index is 0.259. The maximum Gasteiger partial charge on any atom is 0.226 e. The third-order valence-corrected chi connectivity index (χ3v) is 5.17. The average molecular weight is 301 g/mol. The SMILES string of the molecule is C/C=C/CC(=O)N1CCC(c2nccn2CC2CCC2)CC1. The van der Waals surface area contributed by atoms with Crippen molar-refractivity contribution >= 4 is 5.91 Å². The number of nitrogens with zero attached hydrogens (tertiary/aromatic N) is 3. The highest BCUT2D eigenvalue weighted by atomic mass is 16.2. The van der Waals surface area contributed by atoms with Crippen LogP contribution in [0.15, 0.2) is 24.5 Å². The molecule has 0 radical (unpaired) electrons. The van der Waals surface area contributed by atoms with E-state index >= 15 is 0 Å². The van der Waals surface area contributed by atoms with E-state index in [1.807, 2.05) is 30.2 Å². The molecule has 2 fully saturated rings. The Bertz CT molecular complexity index is 522. The van der Waals surface area contributed by atoms with Gasteiger partial charge in [0.15, 0.2) is 0 Å². The molecule has 22 heavy (non-hydrogen) atoms. The molecule has 3 rings (SSSR count). The molecule has 0 spiro atoms. The molecule has 1 aromatic rings. The van der Waals surface area contributed by atoms with Gasteiger partial charge in [0.05, 0.1) is 0 Å². The highest BCUT2D eigenvalue weighted by Crippen LogP contribution is 2.31. The second kappa shape index (κ2) is 7.12. The van der Waals surface area contributed by atoms with Crippen LogP contribution in [0.5, 0.6) is 0 Å². The van der Waals surface area contributed by atoms with Crippen LogP contribution in [0.4, 0.5) is 0 Å². The van der Waals surface area contributed by atoms with Crippen molar-refractivity contribution in [1.29, 1.82) is 0 Å². The van der Waals surface area contributed by atoms with Crippen LogP contribution in [0.2, 0.25) is 0 Å². The van der Waals surface area contributed by atoms with E-state index in [-0.39, 0.29) is 5.91 Å². The van der Waals surface area contributed by atoms with Gasteiger partial charge in [-0.05, 0) is 38.5 Å². The van der Waals surface area contributed by atoms with E-state index in [0.717, 1.165) is 38.4 Å². The normalized spacial score (nSPS) is 20.5. The van der Waals surface area contributed by atoms with Gasteiger partial charge < -0.3 is 9.47 Å². The van der Waals surface area contributed by atoms with Crippen LogP contribution < -0.4 is 0 Å². The third-order valence-electron chi connectivity index (χ3n) is 5.17. The molecule has 1 aliphatic carbocycles. The fourth-order valence-corrected chi connectivity index (χ4v) is 3.52. The van der Waals surface area contributed by atoms with Crippen LogP contribution in [0.1, 0.15) is 57.2 Å². The van der Waals surface area contributed by atoms with Crippen LogP contribution >= 0.6 is 0 Å². The van der Waals surface area contributed by atoms with E-state index in [1.165, 1.54) is 25.1 Å². The molecule has 1 amide bonds. The fourth-order valence-electron chi connectivity index (χ4n) is 3.52. The maximum absolute atomic E-state index is 12.1. The van der Waals surface area contributed by atoms with Crippen molar-refractivity contribution in [3.05, 3.63) is 30.4 Å². The molecule has 0 atom stereocenters. The van der Waals surface area contributed by atoms with E-state index in [9.17, 15) is 4.79 Å². The summed E-state index contributed by atoms with van der Waals surface area (Å²) in [5.74, 6) is 2.87. The van der Waals surface area contributed by atoms with Gasteiger partial charge in [-0.2, -0.15) is 0 Å². The number of hydrogen-bond donors (Lipinski definition) is 0. The minimum Gasteiger partial charge on any atom is -0.342 e. The molecule has 2 aliphatic rings. The van der Waals surface area contributed by atoms with E-state index in [1.54, 1.807) is 0 Å².